The highest BCUT2D eigenvalue weighted by Gasteiger charge is 2.20. The first-order valence-corrected chi connectivity index (χ1v) is 5.84. The average molecular weight is 302 g/mol. The molecule has 0 aromatic carbocycles. The van der Waals surface area contributed by atoms with Crippen LogP contribution in [0.2, 0.25) is 0 Å². The molecule has 1 aromatic rings. The van der Waals surface area contributed by atoms with E-state index in [9.17, 15) is 17.2 Å². The normalized spacial score (nSPS) is 12.1. The monoisotopic (exact) mass is 301 g/mol. The third kappa shape index (κ3) is 2.61. The van der Waals surface area contributed by atoms with Crippen molar-refractivity contribution in [2.24, 2.45) is 5.14 Å². The molecule has 5 nitrogen and oxygen atoms in total. The van der Waals surface area contributed by atoms with Crippen molar-refractivity contribution in [3.05, 3.63) is 16.2 Å². The quantitative estimate of drug-likeness (QED) is 0.796. The Bertz CT molecular complexity index is 491. The van der Waals surface area contributed by atoms with Crippen molar-refractivity contribution >= 4 is 31.6 Å². The van der Waals surface area contributed by atoms with E-state index in [2.05, 4.69) is 20.9 Å². The van der Waals surface area contributed by atoms with Crippen LogP contribution < -0.4 is 10.9 Å². The summed E-state index contributed by atoms with van der Waals surface area (Å²) in [6.07, 6.45) is -2.80. The van der Waals surface area contributed by atoms with Gasteiger partial charge in [0.15, 0.2) is 5.03 Å². The summed E-state index contributed by atoms with van der Waals surface area (Å²) in [5.41, 5.74) is 4.35. The summed E-state index contributed by atoms with van der Waals surface area (Å²) in [6.45, 7) is 0. The zero-order chi connectivity index (χ0) is 11.8. The van der Waals surface area contributed by atoms with Crippen molar-refractivity contribution in [3.63, 3.8) is 0 Å². The van der Waals surface area contributed by atoms with E-state index < -0.39 is 32.7 Å². The van der Waals surface area contributed by atoms with Gasteiger partial charge in [-0.3, -0.25) is 0 Å². The van der Waals surface area contributed by atoms with Crippen LogP contribution in [-0.4, -0.2) is 13.4 Å². The van der Waals surface area contributed by atoms with Crippen LogP contribution in [0.1, 0.15) is 12.0 Å². The number of primary sulfonamides is 1. The second kappa shape index (κ2) is 3.99. The summed E-state index contributed by atoms with van der Waals surface area (Å²) in [4.78, 5) is 3.36. The maximum absolute atomic E-state index is 12.3. The van der Waals surface area contributed by atoms with Gasteiger partial charge in [0.05, 0.1) is 11.3 Å². The first kappa shape index (κ1) is 12.3. The van der Waals surface area contributed by atoms with Crippen LogP contribution in [0.4, 0.5) is 14.5 Å². The van der Waals surface area contributed by atoms with Crippen molar-refractivity contribution in [1.29, 1.82) is 0 Å². The van der Waals surface area contributed by atoms with Crippen LogP contribution in [-0.2, 0) is 10.0 Å². The van der Waals surface area contributed by atoms with Crippen LogP contribution in [0.25, 0.3) is 0 Å². The SMILES string of the molecule is Nc1cc(C(F)F)c(Br)nc1S(N)(=O)=O. The van der Waals surface area contributed by atoms with E-state index in [1.54, 1.807) is 0 Å². The van der Waals surface area contributed by atoms with Gasteiger partial charge < -0.3 is 5.73 Å². The minimum Gasteiger partial charge on any atom is -0.396 e. The van der Waals surface area contributed by atoms with Gasteiger partial charge in [-0.2, -0.15) is 0 Å². The summed E-state index contributed by atoms with van der Waals surface area (Å²) in [7, 11) is -4.11. The van der Waals surface area contributed by atoms with Crippen molar-refractivity contribution in [3.8, 4) is 0 Å². The second-order valence-electron chi connectivity index (χ2n) is 2.61. The lowest BCUT2D eigenvalue weighted by atomic mass is 10.3. The molecule has 0 aliphatic heterocycles. The number of sulfonamides is 1. The Morgan fingerprint density at radius 3 is 2.40 bits per heavy atom. The van der Waals surface area contributed by atoms with Gasteiger partial charge in [-0.05, 0) is 22.0 Å². The zero-order valence-electron chi connectivity index (χ0n) is 7.12. The molecule has 0 radical (unpaired) electrons. The molecule has 0 saturated carbocycles. The Labute approximate surface area is 92.7 Å². The van der Waals surface area contributed by atoms with Crippen LogP contribution >= 0.6 is 15.9 Å². The molecule has 15 heavy (non-hydrogen) atoms. The number of hydrogen-bond acceptors (Lipinski definition) is 4. The first-order valence-electron chi connectivity index (χ1n) is 3.50. The Morgan fingerprint density at radius 1 is 1.47 bits per heavy atom. The highest BCUT2D eigenvalue weighted by atomic mass is 79.9. The summed E-state index contributed by atoms with van der Waals surface area (Å²) < 4.78 is 46.2. The van der Waals surface area contributed by atoms with Gasteiger partial charge in [0.1, 0.15) is 4.60 Å². The molecule has 0 aliphatic carbocycles. The largest absolute Gasteiger partial charge is 0.396 e. The molecule has 0 spiro atoms. The molecule has 0 unspecified atom stereocenters. The maximum Gasteiger partial charge on any atom is 0.266 e. The molecule has 0 bridgehead atoms. The number of alkyl halides is 2. The van der Waals surface area contributed by atoms with E-state index in [0.717, 1.165) is 6.07 Å². The third-order valence-electron chi connectivity index (χ3n) is 1.50. The topological polar surface area (TPSA) is 99.1 Å². The molecular formula is C6H6BrF2N3O2S. The molecule has 9 heteroatoms. The number of nitrogens with zero attached hydrogens (tertiary/aromatic N) is 1. The number of halogens is 3. The van der Waals surface area contributed by atoms with Gasteiger partial charge in [-0.25, -0.2) is 27.3 Å². The lowest BCUT2D eigenvalue weighted by Gasteiger charge is -2.07. The van der Waals surface area contributed by atoms with Gasteiger partial charge in [-0.15, -0.1) is 0 Å². The number of aromatic nitrogens is 1. The molecule has 0 fully saturated rings. The third-order valence-corrected chi connectivity index (χ3v) is 3.00. The van der Waals surface area contributed by atoms with Crippen LogP contribution in [0.5, 0.6) is 0 Å². The fraction of sp³-hybridized carbons (Fsp3) is 0.167. The van der Waals surface area contributed by atoms with Gasteiger partial charge in [0.2, 0.25) is 0 Å². The Balaban J connectivity index is 3.46. The van der Waals surface area contributed by atoms with Crippen molar-refractivity contribution in [2.75, 3.05) is 5.73 Å². The second-order valence-corrected chi connectivity index (χ2v) is 4.84. The molecule has 0 amide bonds. The van der Waals surface area contributed by atoms with E-state index in [1.165, 1.54) is 0 Å². The summed E-state index contributed by atoms with van der Waals surface area (Å²) in [5, 5.41) is 4.15. The van der Waals surface area contributed by atoms with Gasteiger partial charge in [-0.1, -0.05) is 0 Å². The van der Waals surface area contributed by atoms with Crippen molar-refractivity contribution in [1.82, 2.24) is 4.98 Å². The Hall–Kier alpha value is -0.800. The standard InChI is InChI=1S/C6H6BrF2N3O2S/c7-4-2(5(8)9)1-3(10)6(12-4)15(11,13)14/h1,5H,10H2,(H2,11,13,14). The lowest BCUT2D eigenvalue weighted by molar-refractivity contribution is 0.150. The fourth-order valence-corrected chi connectivity index (χ4v) is 2.08. The lowest BCUT2D eigenvalue weighted by Crippen LogP contribution is -2.17. The number of nitrogen functional groups attached to an aromatic ring is 1. The minimum absolute atomic E-state index is 0.296. The summed E-state index contributed by atoms with van der Waals surface area (Å²) >= 11 is 2.71. The summed E-state index contributed by atoms with van der Waals surface area (Å²) in [6, 6.07) is 0.821. The molecule has 0 aliphatic rings. The molecule has 0 saturated heterocycles. The van der Waals surface area contributed by atoms with Crippen LogP contribution in [0.15, 0.2) is 15.7 Å². The predicted octanol–water partition coefficient (Wildman–Crippen LogP) is 1.01. The Kier molecular flexibility index (Phi) is 3.26. The van der Waals surface area contributed by atoms with E-state index in [-0.39, 0.29) is 4.60 Å². The van der Waals surface area contributed by atoms with Gasteiger partial charge in [0, 0.05) is 0 Å². The zero-order valence-corrected chi connectivity index (χ0v) is 9.52. The molecular weight excluding hydrogens is 296 g/mol. The highest BCUT2D eigenvalue weighted by molar-refractivity contribution is 9.10. The van der Waals surface area contributed by atoms with E-state index in [4.69, 9.17) is 10.9 Å². The average Bonchev–Trinajstić information content (AvgIpc) is 2.06. The molecule has 1 rings (SSSR count). The van der Waals surface area contributed by atoms with E-state index in [0.29, 0.717) is 0 Å². The number of hydrogen-bond donors (Lipinski definition) is 2. The Morgan fingerprint density at radius 2 is 2.00 bits per heavy atom. The molecule has 84 valence electrons. The molecule has 1 heterocycles. The molecule has 0 atom stereocenters. The number of anilines is 1. The van der Waals surface area contributed by atoms with E-state index in [1.807, 2.05) is 0 Å². The van der Waals surface area contributed by atoms with Gasteiger partial charge in [0.25, 0.3) is 16.4 Å². The smallest absolute Gasteiger partial charge is 0.266 e. The summed E-state index contributed by atoms with van der Waals surface area (Å²) in [5.74, 6) is 0. The minimum atomic E-state index is -4.11. The van der Waals surface area contributed by atoms with Gasteiger partial charge >= 0.3 is 0 Å². The van der Waals surface area contributed by atoms with Crippen LogP contribution in [0, 0.1) is 0 Å². The number of pyridine rings is 1. The number of rotatable bonds is 2. The predicted molar refractivity (Wildman–Crippen MR) is 52.7 cm³/mol. The van der Waals surface area contributed by atoms with Crippen LogP contribution in [0.3, 0.4) is 0 Å². The first-order chi connectivity index (χ1) is 6.73. The van der Waals surface area contributed by atoms with Crippen molar-refractivity contribution < 1.29 is 17.2 Å². The molecule has 1 aromatic heterocycles. The number of nitrogens with two attached hydrogens (primary N) is 2. The van der Waals surface area contributed by atoms with E-state index >= 15 is 0 Å². The molecule has 4 N–H and O–H groups in total. The maximum atomic E-state index is 12.3. The van der Waals surface area contributed by atoms with Crippen molar-refractivity contribution in [2.45, 2.75) is 11.5 Å². The highest BCUT2D eigenvalue weighted by Crippen LogP contribution is 2.29. The fourth-order valence-electron chi connectivity index (χ4n) is 0.888.